The molecule has 0 spiro atoms. The van der Waals surface area contributed by atoms with Crippen molar-refractivity contribution in [2.24, 2.45) is 23.5 Å². The Labute approximate surface area is 131 Å². The summed E-state index contributed by atoms with van der Waals surface area (Å²) in [5.74, 6) is 0.270. The summed E-state index contributed by atoms with van der Waals surface area (Å²) >= 11 is 0. The molecule has 5 nitrogen and oxygen atoms in total. The summed E-state index contributed by atoms with van der Waals surface area (Å²) in [5.41, 5.74) is 6.54. The van der Waals surface area contributed by atoms with Gasteiger partial charge in [-0.15, -0.1) is 0 Å². The van der Waals surface area contributed by atoms with Gasteiger partial charge in [0.05, 0.1) is 17.8 Å². The number of anilines is 1. The van der Waals surface area contributed by atoms with Crippen LogP contribution in [0.1, 0.15) is 19.3 Å². The molecule has 2 aliphatic rings. The number of alkyl halides is 3. The zero-order valence-corrected chi connectivity index (χ0v) is 12.3. The average Bonchev–Trinajstić information content (AvgIpc) is 3.06. The summed E-state index contributed by atoms with van der Waals surface area (Å²) in [5, 5.41) is 2.74. The molecule has 1 aromatic heterocycles. The first-order valence-electron chi connectivity index (χ1n) is 7.55. The number of hydrogen-bond donors (Lipinski definition) is 2. The van der Waals surface area contributed by atoms with Gasteiger partial charge in [0.1, 0.15) is 0 Å². The fourth-order valence-electron chi connectivity index (χ4n) is 3.65. The number of nitrogens with two attached hydrogens (primary N) is 1. The molecule has 1 amide bonds. The van der Waals surface area contributed by atoms with E-state index in [1.165, 1.54) is 18.3 Å². The molecule has 1 aromatic rings. The third-order valence-corrected chi connectivity index (χ3v) is 4.67. The van der Waals surface area contributed by atoms with Crippen LogP contribution in [-0.2, 0) is 4.79 Å². The molecule has 2 aliphatic carbocycles. The van der Waals surface area contributed by atoms with Crippen LogP contribution in [0.2, 0.25) is 0 Å². The highest BCUT2D eigenvalue weighted by atomic mass is 19.4. The molecule has 126 valence electrons. The van der Waals surface area contributed by atoms with Gasteiger partial charge >= 0.3 is 6.18 Å². The molecule has 2 saturated carbocycles. The first-order chi connectivity index (χ1) is 10.8. The fraction of sp³-hybridized carbons (Fsp3) is 0.600. The second kappa shape index (κ2) is 5.99. The molecule has 2 bridgehead atoms. The van der Waals surface area contributed by atoms with Gasteiger partial charge in [0.25, 0.3) is 0 Å². The van der Waals surface area contributed by atoms with Crippen molar-refractivity contribution in [2.75, 3.05) is 11.9 Å². The number of nitrogens with zero attached hydrogens (tertiary/aromatic N) is 1. The molecule has 23 heavy (non-hydrogen) atoms. The SMILES string of the molecule is NC1C2CCC(C2)C1C(=O)Nc1ccc(OCC(F)(F)F)nc1. The van der Waals surface area contributed by atoms with Crippen LogP contribution in [0.15, 0.2) is 18.3 Å². The van der Waals surface area contributed by atoms with Crippen LogP contribution in [0.4, 0.5) is 18.9 Å². The van der Waals surface area contributed by atoms with Gasteiger partial charge in [-0.2, -0.15) is 13.2 Å². The lowest BCUT2D eigenvalue weighted by molar-refractivity contribution is -0.154. The van der Waals surface area contributed by atoms with E-state index in [4.69, 9.17) is 5.73 Å². The summed E-state index contributed by atoms with van der Waals surface area (Å²) < 4.78 is 40.7. The van der Waals surface area contributed by atoms with Gasteiger partial charge < -0.3 is 15.8 Å². The van der Waals surface area contributed by atoms with E-state index in [0.29, 0.717) is 17.5 Å². The molecule has 8 heteroatoms. The minimum atomic E-state index is -4.41. The van der Waals surface area contributed by atoms with E-state index in [9.17, 15) is 18.0 Å². The van der Waals surface area contributed by atoms with Crippen LogP contribution in [0.25, 0.3) is 0 Å². The van der Waals surface area contributed by atoms with Gasteiger partial charge in [0.2, 0.25) is 11.8 Å². The normalized spacial score (nSPS) is 29.6. The van der Waals surface area contributed by atoms with Crippen molar-refractivity contribution in [3.8, 4) is 5.88 Å². The number of amides is 1. The third-order valence-electron chi connectivity index (χ3n) is 4.67. The van der Waals surface area contributed by atoms with E-state index in [1.807, 2.05) is 0 Å². The lowest BCUT2D eigenvalue weighted by atomic mass is 9.84. The number of hydrogen-bond acceptors (Lipinski definition) is 4. The quantitative estimate of drug-likeness (QED) is 0.889. The van der Waals surface area contributed by atoms with Crippen molar-refractivity contribution in [2.45, 2.75) is 31.5 Å². The second-order valence-corrected chi connectivity index (χ2v) is 6.21. The van der Waals surface area contributed by atoms with Gasteiger partial charge in [0, 0.05) is 12.1 Å². The third kappa shape index (κ3) is 3.57. The average molecular weight is 329 g/mol. The van der Waals surface area contributed by atoms with E-state index < -0.39 is 12.8 Å². The van der Waals surface area contributed by atoms with Gasteiger partial charge in [-0.3, -0.25) is 4.79 Å². The Balaban J connectivity index is 1.57. The van der Waals surface area contributed by atoms with E-state index in [0.717, 1.165) is 19.3 Å². The summed E-state index contributed by atoms with van der Waals surface area (Å²) in [4.78, 5) is 16.1. The number of aromatic nitrogens is 1. The summed E-state index contributed by atoms with van der Waals surface area (Å²) in [6.07, 6.45) is -0.0160. The Kier molecular flexibility index (Phi) is 4.18. The predicted octanol–water partition coefficient (Wildman–Crippen LogP) is 2.33. The van der Waals surface area contributed by atoms with Crippen molar-refractivity contribution in [1.82, 2.24) is 4.98 Å². The van der Waals surface area contributed by atoms with E-state index in [1.54, 1.807) is 0 Å². The van der Waals surface area contributed by atoms with Crippen molar-refractivity contribution in [1.29, 1.82) is 0 Å². The largest absolute Gasteiger partial charge is 0.468 e. The first kappa shape index (κ1) is 16.0. The summed E-state index contributed by atoms with van der Waals surface area (Å²) in [7, 11) is 0. The Hall–Kier alpha value is -1.83. The second-order valence-electron chi connectivity index (χ2n) is 6.21. The molecule has 3 rings (SSSR count). The number of carbonyl (C=O) groups is 1. The fourth-order valence-corrected chi connectivity index (χ4v) is 3.65. The van der Waals surface area contributed by atoms with Gasteiger partial charge in [-0.1, -0.05) is 0 Å². The van der Waals surface area contributed by atoms with Crippen LogP contribution in [0.5, 0.6) is 5.88 Å². The van der Waals surface area contributed by atoms with Crippen LogP contribution >= 0.6 is 0 Å². The number of halogens is 3. The molecular formula is C15H18F3N3O2. The highest BCUT2D eigenvalue weighted by molar-refractivity contribution is 5.93. The minimum absolute atomic E-state index is 0.115. The first-order valence-corrected chi connectivity index (χ1v) is 7.55. The Morgan fingerprint density at radius 1 is 1.35 bits per heavy atom. The molecule has 0 radical (unpaired) electrons. The number of pyridine rings is 1. The maximum absolute atomic E-state index is 12.4. The lowest BCUT2D eigenvalue weighted by Crippen LogP contribution is -2.42. The van der Waals surface area contributed by atoms with Crippen molar-refractivity contribution in [3.63, 3.8) is 0 Å². The Morgan fingerprint density at radius 2 is 2.09 bits per heavy atom. The van der Waals surface area contributed by atoms with E-state index in [2.05, 4.69) is 15.0 Å². The molecular weight excluding hydrogens is 311 g/mol. The lowest BCUT2D eigenvalue weighted by Gasteiger charge is -2.26. The molecule has 1 heterocycles. The number of fused-ring (bicyclic) bond motifs is 2. The van der Waals surface area contributed by atoms with Gasteiger partial charge in [0.15, 0.2) is 6.61 Å². The zero-order valence-electron chi connectivity index (χ0n) is 12.3. The number of ether oxygens (including phenoxy) is 1. The van der Waals surface area contributed by atoms with Crippen molar-refractivity contribution < 1.29 is 22.7 Å². The van der Waals surface area contributed by atoms with Crippen molar-refractivity contribution >= 4 is 11.6 Å². The number of rotatable bonds is 4. The van der Waals surface area contributed by atoms with Crippen molar-refractivity contribution in [3.05, 3.63) is 18.3 Å². The minimum Gasteiger partial charge on any atom is -0.468 e. The maximum Gasteiger partial charge on any atom is 0.422 e. The zero-order chi connectivity index (χ0) is 16.6. The summed E-state index contributed by atoms with van der Waals surface area (Å²) in [6.45, 7) is -1.40. The number of carbonyl (C=O) groups excluding carboxylic acids is 1. The smallest absolute Gasteiger partial charge is 0.422 e. The highest BCUT2D eigenvalue weighted by Crippen LogP contribution is 2.47. The molecule has 3 N–H and O–H groups in total. The van der Waals surface area contributed by atoms with Crippen LogP contribution < -0.4 is 15.8 Å². The van der Waals surface area contributed by atoms with Gasteiger partial charge in [-0.05, 0) is 37.2 Å². The summed E-state index contributed by atoms with van der Waals surface area (Å²) in [6, 6.07) is 2.65. The predicted molar refractivity (Wildman–Crippen MR) is 76.7 cm³/mol. The van der Waals surface area contributed by atoms with Crippen LogP contribution in [0.3, 0.4) is 0 Å². The molecule has 0 saturated heterocycles. The Morgan fingerprint density at radius 3 is 2.65 bits per heavy atom. The monoisotopic (exact) mass is 329 g/mol. The standard InChI is InChI=1S/C15H18F3N3O2/c16-15(17,18)7-23-11-4-3-10(6-20-11)21-14(22)12-8-1-2-9(5-8)13(12)19/h3-4,6,8-9,12-13H,1-2,5,7,19H2,(H,21,22). The molecule has 2 fully saturated rings. The molecule has 0 aliphatic heterocycles. The number of nitrogens with one attached hydrogen (secondary N) is 1. The Bertz CT molecular complexity index is 574. The molecule has 0 aromatic carbocycles. The molecule has 4 unspecified atom stereocenters. The maximum atomic E-state index is 12.4. The van der Waals surface area contributed by atoms with Gasteiger partial charge in [-0.25, -0.2) is 4.98 Å². The van der Waals surface area contributed by atoms with E-state index in [-0.39, 0.29) is 23.7 Å². The highest BCUT2D eigenvalue weighted by Gasteiger charge is 2.49. The van der Waals surface area contributed by atoms with Crippen LogP contribution in [0, 0.1) is 17.8 Å². The van der Waals surface area contributed by atoms with E-state index >= 15 is 0 Å². The molecule has 4 atom stereocenters. The topological polar surface area (TPSA) is 77.2 Å². The van der Waals surface area contributed by atoms with Crippen LogP contribution in [-0.4, -0.2) is 29.7 Å².